The molecule has 122 valence electrons. The zero-order valence-corrected chi connectivity index (χ0v) is 14.0. The second kappa shape index (κ2) is 5.59. The quantitative estimate of drug-likeness (QED) is 0.633. The predicted molar refractivity (Wildman–Crippen MR) is 88.2 cm³/mol. The highest BCUT2D eigenvalue weighted by atomic mass is 16.2. The standard InChI is InChI=1S/C19H23NO3/c1-19(2,3)15-8-7-14(15)18(23)12-5-4-6-13(11-12)20-16(21)9-10-17(20)22/h4-6,11,14-15H,7-10H2,1-3H3. The van der Waals surface area contributed by atoms with Crippen LogP contribution in [0.2, 0.25) is 0 Å². The van der Waals surface area contributed by atoms with Crippen LogP contribution in [0, 0.1) is 17.3 Å². The smallest absolute Gasteiger partial charge is 0.234 e. The highest BCUT2D eigenvalue weighted by Crippen LogP contribution is 2.47. The summed E-state index contributed by atoms with van der Waals surface area (Å²) >= 11 is 0. The minimum atomic E-state index is -0.184. The van der Waals surface area contributed by atoms with Gasteiger partial charge in [-0.15, -0.1) is 0 Å². The van der Waals surface area contributed by atoms with Crippen LogP contribution < -0.4 is 4.90 Å². The van der Waals surface area contributed by atoms with Gasteiger partial charge in [-0.25, -0.2) is 0 Å². The van der Waals surface area contributed by atoms with E-state index in [-0.39, 0.29) is 41.8 Å². The largest absolute Gasteiger partial charge is 0.294 e. The average Bonchev–Trinajstić information content (AvgIpc) is 2.75. The van der Waals surface area contributed by atoms with Crippen LogP contribution in [0.4, 0.5) is 5.69 Å². The monoisotopic (exact) mass is 313 g/mol. The van der Waals surface area contributed by atoms with Gasteiger partial charge < -0.3 is 0 Å². The number of benzene rings is 1. The van der Waals surface area contributed by atoms with Gasteiger partial charge in [0.25, 0.3) is 0 Å². The van der Waals surface area contributed by atoms with Crippen molar-refractivity contribution in [3.63, 3.8) is 0 Å². The van der Waals surface area contributed by atoms with Crippen molar-refractivity contribution in [2.24, 2.45) is 17.3 Å². The fourth-order valence-electron chi connectivity index (χ4n) is 3.73. The summed E-state index contributed by atoms with van der Waals surface area (Å²) in [6, 6.07) is 6.96. The summed E-state index contributed by atoms with van der Waals surface area (Å²) in [5, 5.41) is 0. The number of Topliss-reactive ketones (excluding diaryl/α,β-unsaturated/α-hetero) is 1. The fourth-order valence-corrected chi connectivity index (χ4v) is 3.73. The first-order valence-electron chi connectivity index (χ1n) is 8.29. The molecule has 2 amide bonds. The summed E-state index contributed by atoms with van der Waals surface area (Å²) in [7, 11) is 0. The number of hydrogen-bond acceptors (Lipinski definition) is 3. The molecule has 1 saturated heterocycles. The number of ketones is 1. The van der Waals surface area contributed by atoms with Crippen LogP contribution in [-0.2, 0) is 9.59 Å². The second-order valence-electron chi connectivity index (χ2n) is 7.69. The van der Waals surface area contributed by atoms with E-state index in [1.807, 2.05) is 0 Å². The maximum absolute atomic E-state index is 12.8. The Bertz CT molecular complexity index is 655. The minimum absolute atomic E-state index is 0.0511. The van der Waals surface area contributed by atoms with Crippen molar-refractivity contribution in [1.82, 2.24) is 0 Å². The average molecular weight is 313 g/mol. The van der Waals surface area contributed by atoms with Gasteiger partial charge in [0, 0.05) is 24.3 Å². The van der Waals surface area contributed by atoms with Crippen LogP contribution in [0.5, 0.6) is 0 Å². The number of hydrogen-bond donors (Lipinski definition) is 0. The molecule has 1 saturated carbocycles. The molecule has 2 aliphatic rings. The van der Waals surface area contributed by atoms with Crippen LogP contribution in [0.15, 0.2) is 24.3 Å². The molecule has 4 heteroatoms. The highest BCUT2D eigenvalue weighted by Gasteiger charge is 2.43. The molecular formula is C19H23NO3. The third kappa shape index (κ3) is 2.82. The molecule has 2 atom stereocenters. The lowest BCUT2D eigenvalue weighted by Gasteiger charge is -2.44. The lowest BCUT2D eigenvalue weighted by molar-refractivity contribution is -0.121. The van der Waals surface area contributed by atoms with E-state index in [2.05, 4.69) is 20.8 Å². The molecule has 0 radical (unpaired) electrons. The molecule has 0 N–H and O–H groups in total. The zero-order chi connectivity index (χ0) is 16.8. The van der Waals surface area contributed by atoms with Crippen molar-refractivity contribution in [3.05, 3.63) is 29.8 Å². The first-order valence-corrected chi connectivity index (χ1v) is 8.29. The van der Waals surface area contributed by atoms with Gasteiger partial charge in [0.1, 0.15) is 0 Å². The lowest BCUT2D eigenvalue weighted by atomic mass is 9.59. The number of carbonyl (C=O) groups excluding carboxylic acids is 3. The Morgan fingerprint density at radius 1 is 1.09 bits per heavy atom. The molecule has 3 rings (SSSR count). The van der Waals surface area contributed by atoms with Gasteiger partial charge in [-0.1, -0.05) is 32.9 Å². The molecule has 0 aromatic heterocycles. The molecule has 2 fully saturated rings. The number of carbonyl (C=O) groups is 3. The lowest BCUT2D eigenvalue weighted by Crippen LogP contribution is -2.41. The summed E-state index contributed by atoms with van der Waals surface area (Å²) in [4.78, 5) is 37.8. The molecule has 1 aliphatic carbocycles. The molecule has 1 aromatic rings. The first-order chi connectivity index (χ1) is 10.8. The molecular weight excluding hydrogens is 290 g/mol. The SMILES string of the molecule is CC(C)(C)C1CCC1C(=O)c1cccc(N2C(=O)CCC2=O)c1. The van der Waals surface area contributed by atoms with Gasteiger partial charge in [0.15, 0.2) is 5.78 Å². The zero-order valence-electron chi connectivity index (χ0n) is 14.0. The number of amides is 2. The van der Waals surface area contributed by atoms with Crippen molar-refractivity contribution < 1.29 is 14.4 Å². The van der Waals surface area contributed by atoms with Gasteiger partial charge >= 0.3 is 0 Å². The normalized spacial score (nSPS) is 24.7. The molecule has 2 unspecified atom stereocenters. The van der Waals surface area contributed by atoms with Crippen molar-refractivity contribution in [2.45, 2.75) is 46.5 Å². The summed E-state index contributed by atoms with van der Waals surface area (Å²) in [6.45, 7) is 6.53. The van der Waals surface area contributed by atoms with Crippen molar-refractivity contribution in [1.29, 1.82) is 0 Å². The summed E-state index contributed by atoms with van der Waals surface area (Å²) in [5.41, 5.74) is 1.25. The molecule has 0 spiro atoms. The van der Waals surface area contributed by atoms with E-state index >= 15 is 0 Å². The Morgan fingerprint density at radius 2 is 1.74 bits per heavy atom. The Hall–Kier alpha value is -1.97. The van der Waals surface area contributed by atoms with Gasteiger partial charge in [-0.05, 0) is 36.3 Å². The molecule has 1 heterocycles. The number of imide groups is 1. The first kappa shape index (κ1) is 15.9. The van der Waals surface area contributed by atoms with Crippen molar-refractivity contribution >= 4 is 23.3 Å². The van der Waals surface area contributed by atoms with Crippen LogP contribution in [0.1, 0.15) is 56.8 Å². The molecule has 0 bridgehead atoms. The molecule has 23 heavy (non-hydrogen) atoms. The summed E-state index contributed by atoms with van der Waals surface area (Å²) in [5.74, 6) is 0.215. The maximum atomic E-state index is 12.8. The van der Waals surface area contributed by atoms with E-state index in [1.54, 1.807) is 24.3 Å². The van der Waals surface area contributed by atoms with Crippen molar-refractivity contribution in [3.8, 4) is 0 Å². The molecule has 1 aliphatic heterocycles. The van der Waals surface area contributed by atoms with Crippen LogP contribution in [0.25, 0.3) is 0 Å². The van der Waals surface area contributed by atoms with Gasteiger partial charge in [0.05, 0.1) is 5.69 Å². The topological polar surface area (TPSA) is 54.5 Å². The summed E-state index contributed by atoms with van der Waals surface area (Å²) < 4.78 is 0. The van der Waals surface area contributed by atoms with Gasteiger partial charge in [-0.2, -0.15) is 0 Å². The maximum Gasteiger partial charge on any atom is 0.234 e. The van der Waals surface area contributed by atoms with Crippen LogP contribution >= 0.6 is 0 Å². The Labute approximate surface area is 136 Å². The second-order valence-corrected chi connectivity index (χ2v) is 7.69. The number of rotatable bonds is 3. The Morgan fingerprint density at radius 3 is 2.26 bits per heavy atom. The van der Waals surface area contributed by atoms with Gasteiger partial charge in [-0.3, -0.25) is 19.3 Å². The van der Waals surface area contributed by atoms with Crippen LogP contribution in [0.3, 0.4) is 0 Å². The van der Waals surface area contributed by atoms with E-state index in [9.17, 15) is 14.4 Å². The molecule has 4 nitrogen and oxygen atoms in total. The van der Waals surface area contributed by atoms with E-state index in [1.165, 1.54) is 4.90 Å². The van der Waals surface area contributed by atoms with Gasteiger partial charge in [0.2, 0.25) is 11.8 Å². The highest BCUT2D eigenvalue weighted by molar-refractivity contribution is 6.20. The van der Waals surface area contributed by atoms with E-state index < -0.39 is 0 Å². The Kier molecular flexibility index (Phi) is 3.86. The number of nitrogens with zero attached hydrogens (tertiary/aromatic N) is 1. The predicted octanol–water partition coefficient (Wildman–Crippen LogP) is 3.60. The van der Waals surface area contributed by atoms with Crippen molar-refractivity contribution in [2.75, 3.05) is 4.90 Å². The van der Waals surface area contributed by atoms with E-state index in [4.69, 9.17) is 0 Å². The summed E-state index contributed by atoms with van der Waals surface area (Å²) in [6.07, 6.45) is 2.52. The van der Waals surface area contributed by atoms with Crippen LogP contribution in [-0.4, -0.2) is 17.6 Å². The fraction of sp³-hybridized carbons (Fsp3) is 0.526. The third-order valence-corrected chi connectivity index (χ3v) is 5.16. The Balaban J connectivity index is 1.84. The third-order valence-electron chi connectivity index (χ3n) is 5.16. The minimum Gasteiger partial charge on any atom is -0.294 e. The van der Waals surface area contributed by atoms with E-state index in [0.717, 1.165) is 12.8 Å². The van der Waals surface area contributed by atoms with E-state index in [0.29, 0.717) is 17.2 Å². The number of anilines is 1. The molecule has 1 aromatic carbocycles.